The molecule has 3 aliphatic rings. The fourth-order valence-electron chi connectivity index (χ4n) is 3.67. The van der Waals surface area contributed by atoms with Gasteiger partial charge < -0.3 is 10.1 Å². The summed E-state index contributed by atoms with van der Waals surface area (Å²) in [6, 6.07) is 0.807. The van der Waals surface area contributed by atoms with Crippen LogP contribution in [-0.2, 0) is 4.74 Å². The monoisotopic (exact) mass is 279 g/mol. The first-order valence-electron chi connectivity index (χ1n) is 9.04. The molecule has 3 aliphatic carbocycles. The van der Waals surface area contributed by atoms with Crippen LogP contribution in [0.1, 0.15) is 71.6 Å². The van der Waals surface area contributed by atoms with Gasteiger partial charge in [-0.1, -0.05) is 26.7 Å². The summed E-state index contributed by atoms with van der Waals surface area (Å²) in [6.45, 7) is 6.87. The van der Waals surface area contributed by atoms with Crippen molar-refractivity contribution in [1.82, 2.24) is 5.32 Å². The molecular weight excluding hydrogens is 246 g/mol. The van der Waals surface area contributed by atoms with Crippen molar-refractivity contribution in [2.24, 2.45) is 17.8 Å². The molecule has 0 spiro atoms. The van der Waals surface area contributed by atoms with E-state index in [-0.39, 0.29) is 5.60 Å². The molecule has 1 N–H and O–H groups in total. The van der Waals surface area contributed by atoms with Crippen LogP contribution < -0.4 is 5.32 Å². The highest BCUT2D eigenvalue weighted by molar-refractivity contribution is 4.93. The van der Waals surface area contributed by atoms with Gasteiger partial charge in [-0.2, -0.15) is 0 Å². The van der Waals surface area contributed by atoms with Gasteiger partial charge in [0.25, 0.3) is 0 Å². The minimum absolute atomic E-state index is 0.170. The molecule has 0 aromatic carbocycles. The summed E-state index contributed by atoms with van der Waals surface area (Å²) in [5, 5.41) is 3.74. The first-order chi connectivity index (χ1) is 9.67. The van der Waals surface area contributed by atoms with Crippen molar-refractivity contribution in [1.29, 1.82) is 0 Å². The Labute approximate surface area is 125 Å². The van der Waals surface area contributed by atoms with Gasteiger partial charge in [-0.25, -0.2) is 0 Å². The SMILES string of the molecule is CC(C)C1CCC(CNC2CC2)(OCCC2CC2)CC1. The molecule has 3 fully saturated rings. The van der Waals surface area contributed by atoms with Crippen LogP contribution in [0.5, 0.6) is 0 Å². The summed E-state index contributed by atoms with van der Waals surface area (Å²) < 4.78 is 6.47. The van der Waals surface area contributed by atoms with Gasteiger partial charge in [-0.15, -0.1) is 0 Å². The second kappa shape index (κ2) is 6.36. The highest BCUT2D eigenvalue weighted by atomic mass is 16.5. The highest BCUT2D eigenvalue weighted by Gasteiger charge is 2.38. The summed E-state index contributed by atoms with van der Waals surface area (Å²) in [6.07, 6.45) is 12.3. The summed E-state index contributed by atoms with van der Waals surface area (Å²) in [7, 11) is 0. The van der Waals surface area contributed by atoms with E-state index in [0.717, 1.165) is 36.9 Å². The topological polar surface area (TPSA) is 21.3 Å². The molecule has 0 aliphatic heterocycles. The van der Waals surface area contributed by atoms with Crippen LogP contribution in [-0.4, -0.2) is 24.8 Å². The van der Waals surface area contributed by atoms with E-state index in [2.05, 4.69) is 19.2 Å². The number of nitrogens with one attached hydrogen (secondary N) is 1. The van der Waals surface area contributed by atoms with Gasteiger partial charge >= 0.3 is 0 Å². The van der Waals surface area contributed by atoms with E-state index in [4.69, 9.17) is 4.74 Å². The van der Waals surface area contributed by atoms with Crippen LogP contribution in [0, 0.1) is 17.8 Å². The predicted octanol–water partition coefficient (Wildman–Crippen LogP) is 4.14. The normalized spacial score (nSPS) is 34.6. The van der Waals surface area contributed by atoms with Gasteiger partial charge in [-0.05, 0) is 62.7 Å². The van der Waals surface area contributed by atoms with Gasteiger partial charge in [0.2, 0.25) is 0 Å². The molecule has 0 aromatic rings. The molecule has 0 atom stereocenters. The van der Waals surface area contributed by atoms with Crippen molar-refractivity contribution in [2.75, 3.05) is 13.2 Å². The van der Waals surface area contributed by atoms with Crippen molar-refractivity contribution in [3.05, 3.63) is 0 Å². The Balaban J connectivity index is 1.48. The molecule has 0 aromatic heterocycles. The average Bonchev–Trinajstić information content (AvgIpc) is 3.31. The Hall–Kier alpha value is -0.0800. The number of hydrogen-bond acceptors (Lipinski definition) is 2. The largest absolute Gasteiger partial charge is 0.374 e. The lowest BCUT2D eigenvalue weighted by atomic mass is 9.74. The minimum atomic E-state index is 0.170. The molecule has 2 heteroatoms. The van der Waals surface area contributed by atoms with E-state index in [1.165, 1.54) is 57.8 Å². The lowest BCUT2D eigenvalue weighted by Gasteiger charge is -2.41. The zero-order chi connectivity index (χ0) is 14.0. The quantitative estimate of drug-likeness (QED) is 0.721. The van der Waals surface area contributed by atoms with Gasteiger partial charge in [0.05, 0.1) is 5.60 Å². The summed E-state index contributed by atoms with van der Waals surface area (Å²) in [5.41, 5.74) is 0.170. The number of hydrogen-bond donors (Lipinski definition) is 1. The van der Waals surface area contributed by atoms with Crippen LogP contribution >= 0.6 is 0 Å². The van der Waals surface area contributed by atoms with Gasteiger partial charge in [0.1, 0.15) is 0 Å². The van der Waals surface area contributed by atoms with Crippen LogP contribution in [0.25, 0.3) is 0 Å². The minimum Gasteiger partial charge on any atom is -0.374 e. The predicted molar refractivity (Wildman–Crippen MR) is 83.8 cm³/mol. The number of ether oxygens (including phenoxy) is 1. The van der Waals surface area contributed by atoms with E-state index in [9.17, 15) is 0 Å². The first-order valence-corrected chi connectivity index (χ1v) is 9.04. The molecular formula is C18H33NO. The third-order valence-electron chi connectivity index (χ3n) is 5.81. The number of rotatable bonds is 8. The Kier molecular flexibility index (Phi) is 4.72. The molecule has 0 unspecified atom stereocenters. The molecule has 0 bridgehead atoms. The van der Waals surface area contributed by atoms with E-state index in [1.54, 1.807) is 0 Å². The van der Waals surface area contributed by atoms with Crippen LogP contribution in [0.2, 0.25) is 0 Å². The lowest BCUT2D eigenvalue weighted by molar-refractivity contribution is -0.0814. The lowest BCUT2D eigenvalue weighted by Crippen LogP contribution is -2.47. The van der Waals surface area contributed by atoms with Gasteiger partial charge in [0, 0.05) is 19.2 Å². The fraction of sp³-hybridized carbons (Fsp3) is 1.00. The molecule has 3 rings (SSSR count). The Morgan fingerprint density at radius 3 is 2.30 bits per heavy atom. The smallest absolute Gasteiger partial charge is 0.0806 e. The molecule has 116 valence electrons. The van der Waals surface area contributed by atoms with Gasteiger partial charge in [0.15, 0.2) is 0 Å². The standard InChI is InChI=1S/C18H33NO/c1-14(2)16-7-10-18(11-8-16,13-19-17-5-6-17)20-12-9-15-3-4-15/h14-17,19H,3-13H2,1-2H3. The van der Waals surface area contributed by atoms with Crippen LogP contribution in [0.4, 0.5) is 0 Å². The van der Waals surface area contributed by atoms with E-state index < -0.39 is 0 Å². The fourth-order valence-corrected chi connectivity index (χ4v) is 3.67. The summed E-state index contributed by atoms with van der Waals surface area (Å²) in [4.78, 5) is 0. The van der Waals surface area contributed by atoms with E-state index in [0.29, 0.717) is 0 Å². The zero-order valence-electron chi connectivity index (χ0n) is 13.5. The Morgan fingerprint density at radius 2 is 1.75 bits per heavy atom. The molecule has 3 saturated carbocycles. The highest BCUT2D eigenvalue weighted by Crippen LogP contribution is 2.39. The van der Waals surface area contributed by atoms with Crippen molar-refractivity contribution >= 4 is 0 Å². The summed E-state index contributed by atoms with van der Waals surface area (Å²) >= 11 is 0. The molecule has 20 heavy (non-hydrogen) atoms. The summed E-state index contributed by atoms with van der Waals surface area (Å²) in [5.74, 6) is 2.77. The molecule has 0 radical (unpaired) electrons. The van der Waals surface area contributed by atoms with Crippen molar-refractivity contribution in [3.63, 3.8) is 0 Å². The second-order valence-electron chi connectivity index (χ2n) is 8.00. The molecule has 0 saturated heterocycles. The third kappa shape index (κ3) is 4.21. The van der Waals surface area contributed by atoms with Crippen molar-refractivity contribution in [3.8, 4) is 0 Å². The van der Waals surface area contributed by atoms with E-state index in [1.807, 2.05) is 0 Å². The Bertz CT molecular complexity index is 293. The third-order valence-corrected chi connectivity index (χ3v) is 5.81. The molecule has 0 heterocycles. The van der Waals surface area contributed by atoms with Gasteiger partial charge in [-0.3, -0.25) is 0 Å². The first kappa shape index (κ1) is 14.8. The van der Waals surface area contributed by atoms with Crippen LogP contribution in [0.3, 0.4) is 0 Å². The van der Waals surface area contributed by atoms with E-state index >= 15 is 0 Å². The second-order valence-corrected chi connectivity index (χ2v) is 8.00. The van der Waals surface area contributed by atoms with Crippen molar-refractivity contribution in [2.45, 2.75) is 83.3 Å². The maximum atomic E-state index is 6.47. The molecule has 2 nitrogen and oxygen atoms in total. The van der Waals surface area contributed by atoms with Crippen LogP contribution in [0.15, 0.2) is 0 Å². The average molecular weight is 279 g/mol. The molecule has 0 amide bonds. The Morgan fingerprint density at radius 1 is 1.05 bits per heavy atom. The maximum absolute atomic E-state index is 6.47. The van der Waals surface area contributed by atoms with Crippen molar-refractivity contribution < 1.29 is 4.74 Å². The maximum Gasteiger partial charge on any atom is 0.0806 e. The zero-order valence-corrected chi connectivity index (χ0v) is 13.5.